The summed E-state index contributed by atoms with van der Waals surface area (Å²) in [5, 5.41) is 6.03. The zero-order valence-corrected chi connectivity index (χ0v) is 48.4. The lowest BCUT2D eigenvalue weighted by Gasteiger charge is -2.33. The number of hydrogen-bond acceptors (Lipinski definition) is 15. The lowest BCUT2D eigenvalue weighted by Crippen LogP contribution is -2.42. The molecule has 0 amide bonds. The number of pyridine rings is 6. The summed E-state index contributed by atoms with van der Waals surface area (Å²) in [5.41, 5.74) is 15.8. The number of aromatic nitrogens is 6. The van der Waals surface area contributed by atoms with Crippen molar-refractivity contribution in [3.63, 3.8) is 0 Å². The van der Waals surface area contributed by atoms with Gasteiger partial charge in [-0.1, -0.05) is 36.4 Å². The predicted molar refractivity (Wildman–Crippen MR) is 334 cm³/mol. The number of hydrogen-bond donors (Lipinski definition) is 0. The van der Waals surface area contributed by atoms with E-state index in [0.717, 1.165) is 123 Å². The Labute approximate surface area is 484 Å². The van der Waals surface area contributed by atoms with Crippen LogP contribution in [0.15, 0.2) is 141 Å². The van der Waals surface area contributed by atoms with E-state index in [0.29, 0.717) is 28.5 Å². The molecule has 3 atom stereocenters. The summed E-state index contributed by atoms with van der Waals surface area (Å²) in [5.74, 6) is 2.09. The average Bonchev–Trinajstić information content (AvgIpc) is 1.63. The third kappa shape index (κ3) is 8.13. The highest BCUT2D eigenvalue weighted by atomic mass is 16.3. The molecule has 12 heterocycles. The summed E-state index contributed by atoms with van der Waals surface area (Å²) in [7, 11) is 0. The standard InChI is InChI=1S/2C23H24N4O.C21H20N4O/c2*1-13(2)26-16(5)27(19-7-6-12-24-22(19)26)20-14(3)8-10-17-18-11-9-15(4)25-23(18)28-21(17)20;1-12-7-9-15-16-10-8-13(2)23-21(16)26-19(15)18(12)25-14(3)24(4)20-17(25)6-5-11-22-20/h2*6-13,16H,1-5H3;5-11,14H,1-4H3/i2*13D;4D3. The Morgan fingerprint density at radius 2 is 0.732 bits per heavy atom. The molecular formula is C67H68N12O3. The van der Waals surface area contributed by atoms with Gasteiger partial charge in [-0.15, -0.1) is 0 Å². The van der Waals surface area contributed by atoms with Gasteiger partial charge in [-0.25, -0.2) is 29.9 Å². The molecule has 82 heavy (non-hydrogen) atoms. The van der Waals surface area contributed by atoms with Gasteiger partial charge in [0.15, 0.2) is 34.2 Å². The monoisotopic (exact) mass is 1090 g/mol. The van der Waals surface area contributed by atoms with Crippen LogP contribution >= 0.6 is 0 Å². The Kier molecular flexibility index (Phi) is 11.2. The van der Waals surface area contributed by atoms with Crippen LogP contribution in [0.3, 0.4) is 0 Å². The van der Waals surface area contributed by atoms with Crippen molar-refractivity contribution in [3.05, 3.63) is 162 Å². The first-order valence-corrected chi connectivity index (χ1v) is 27.8. The molecule has 3 aliphatic heterocycles. The molecule has 0 aliphatic carbocycles. The molecule has 15 nitrogen and oxygen atoms in total. The molecule has 0 bridgehead atoms. The highest BCUT2D eigenvalue weighted by Crippen LogP contribution is 2.51. The van der Waals surface area contributed by atoms with E-state index in [-0.39, 0.29) is 12.3 Å². The molecule has 0 spiro atoms. The number of anilines is 9. The van der Waals surface area contributed by atoms with Crippen LogP contribution in [0.25, 0.3) is 66.2 Å². The lowest BCUT2D eigenvalue weighted by molar-refractivity contribution is 0.597. The van der Waals surface area contributed by atoms with Crippen molar-refractivity contribution in [2.45, 2.75) is 121 Å². The molecule has 12 aromatic rings. The topological polar surface area (TPSA) is 136 Å². The van der Waals surface area contributed by atoms with E-state index in [1.807, 2.05) is 138 Å². The molecule has 0 saturated heterocycles. The van der Waals surface area contributed by atoms with Gasteiger partial charge in [-0.3, -0.25) is 0 Å². The van der Waals surface area contributed by atoms with Gasteiger partial charge in [0.1, 0.15) is 18.5 Å². The zero-order valence-electron chi connectivity index (χ0n) is 53.4. The van der Waals surface area contributed by atoms with Crippen molar-refractivity contribution < 1.29 is 20.1 Å². The first kappa shape index (κ1) is 46.5. The second kappa shape index (κ2) is 19.8. The van der Waals surface area contributed by atoms with E-state index in [2.05, 4.69) is 116 Å². The van der Waals surface area contributed by atoms with Gasteiger partial charge >= 0.3 is 0 Å². The molecule has 15 rings (SSSR count). The Balaban J connectivity index is 0.000000121. The number of benzene rings is 3. The molecule has 0 fully saturated rings. The highest BCUT2D eigenvalue weighted by Gasteiger charge is 2.41. The molecule has 3 unspecified atom stereocenters. The third-order valence-corrected chi connectivity index (χ3v) is 16.2. The third-order valence-electron chi connectivity index (χ3n) is 16.2. The fourth-order valence-corrected chi connectivity index (χ4v) is 12.5. The normalized spacial score (nSPS) is 17.9. The molecule has 3 aromatic carbocycles. The summed E-state index contributed by atoms with van der Waals surface area (Å²) >= 11 is 0. The maximum atomic E-state index is 8.70. The molecule has 0 N–H and O–H groups in total. The minimum absolute atomic E-state index is 0.0837. The van der Waals surface area contributed by atoms with Crippen molar-refractivity contribution >= 4 is 118 Å². The minimum Gasteiger partial charge on any atom is -0.435 e. The van der Waals surface area contributed by atoms with Gasteiger partial charge in [0.25, 0.3) is 0 Å². The molecule has 0 saturated carbocycles. The smallest absolute Gasteiger partial charge is 0.227 e. The summed E-state index contributed by atoms with van der Waals surface area (Å²) in [4.78, 5) is 39.3. The van der Waals surface area contributed by atoms with Crippen molar-refractivity contribution in [1.29, 1.82) is 0 Å². The van der Waals surface area contributed by atoms with Gasteiger partial charge in [-0.2, -0.15) is 0 Å². The van der Waals surface area contributed by atoms with E-state index in [4.69, 9.17) is 20.1 Å². The first-order valence-electron chi connectivity index (χ1n) is 30.3. The van der Waals surface area contributed by atoms with Crippen molar-refractivity contribution in [2.75, 3.05) is 36.4 Å². The minimum atomic E-state index is -2.31. The van der Waals surface area contributed by atoms with Crippen LogP contribution in [0.5, 0.6) is 0 Å². The van der Waals surface area contributed by atoms with Crippen molar-refractivity contribution in [3.8, 4) is 0 Å². The van der Waals surface area contributed by atoms with Gasteiger partial charge in [0.05, 0.1) is 36.9 Å². The first-order chi connectivity index (χ1) is 41.3. The van der Waals surface area contributed by atoms with Gasteiger partial charge < -0.3 is 42.7 Å². The van der Waals surface area contributed by atoms with Crippen LogP contribution in [-0.4, -0.2) is 67.4 Å². The fraction of sp³-hybridized carbons (Fsp3) is 0.284. The van der Waals surface area contributed by atoms with E-state index >= 15 is 0 Å². The summed E-state index contributed by atoms with van der Waals surface area (Å²) in [6.07, 6.45) is 4.57. The Bertz CT molecular complexity index is 4250. The number of rotatable bonds is 5. The van der Waals surface area contributed by atoms with Crippen LogP contribution in [0, 0.1) is 41.5 Å². The number of furan rings is 3. The van der Waals surface area contributed by atoms with Crippen LogP contribution in [0.1, 0.15) is 89.1 Å². The number of nitrogens with zero attached hydrogens (tertiary/aromatic N) is 12. The van der Waals surface area contributed by atoms with Crippen LogP contribution in [0.2, 0.25) is 0 Å². The maximum absolute atomic E-state index is 8.70. The second-order valence-electron chi connectivity index (χ2n) is 22.1. The van der Waals surface area contributed by atoms with Gasteiger partial charge in [0, 0.05) is 91.1 Å². The van der Waals surface area contributed by atoms with Crippen LogP contribution in [-0.2, 0) is 0 Å². The summed E-state index contributed by atoms with van der Waals surface area (Å²) in [6.45, 7) is 23.4. The van der Waals surface area contributed by atoms with Gasteiger partial charge in [0.2, 0.25) is 17.1 Å². The van der Waals surface area contributed by atoms with Crippen LogP contribution in [0.4, 0.5) is 51.6 Å². The van der Waals surface area contributed by atoms with Crippen molar-refractivity contribution in [2.24, 2.45) is 0 Å². The van der Waals surface area contributed by atoms with Crippen molar-refractivity contribution in [1.82, 2.24) is 29.9 Å². The molecule has 3 aliphatic rings. The quantitative estimate of drug-likeness (QED) is 0.162. The van der Waals surface area contributed by atoms with E-state index in [1.165, 1.54) is 4.90 Å². The predicted octanol–water partition coefficient (Wildman–Crippen LogP) is 16.3. The SMILES string of the molecule is [2H]C(C)(C)N1c2ncccc2N(c2c(C)ccc3c2oc2nc(C)ccc23)C1C.[2H]C(C)(C)N1c2ncccc2N(c2c(C)ccc3c2oc2nc(C)ccc23)C1C.[2H]C([2H])([2H])N1c2ncccc2N(c2c(C)ccc3c2oc2nc(C)ccc23)C1C. The Morgan fingerprint density at radius 3 is 1.07 bits per heavy atom. The Hall–Kier alpha value is -9.24. The Morgan fingerprint density at radius 1 is 0.415 bits per heavy atom. The second-order valence-corrected chi connectivity index (χ2v) is 22.1. The van der Waals surface area contributed by atoms with Crippen LogP contribution < -0.4 is 29.4 Å². The van der Waals surface area contributed by atoms with E-state index in [1.54, 1.807) is 18.6 Å². The van der Waals surface area contributed by atoms with Gasteiger partial charge in [-0.05, 0) is 179 Å². The molecular weight excluding hydrogens is 1020 g/mol. The molecule has 15 heteroatoms. The number of aryl methyl sites for hydroxylation is 6. The highest BCUT2D eigenvalue weighted by molar-refractivity contribution is 6.12. The summed E-state index contributed by atoms with van der Waals surface area (Å²) < 4.78 is 60.3. The zero-order chi connectivity index (χ0) is 61.5. The number of fused-ring (bicyclic) bond motifs is 12. The van der Waals surface area contributed by atoms with E-state index in [9.17, 15) is 0 Å². The van der Waals surface area contributed by atoms with E-state index < -0.39 is 25.2 Å². The lowest BCUT2D eigenvalue weighted by atomic mass is 10.1. The maximum Gasteiger partial charge on any atom is 0.227 e. The average molecular weight is 1090 g/mol. The fourth-order valence-electron chi connectivity index (χ4n) is 12.5. The summed E-state index contributed by atoms with van der Waals surface area (Å²) in [6, 6.07) is 34.8. The molecule has 0 radical (unpaired) electrons. The molecule has 414 valence electrons. The molecule has 9 aromatic heterocycles. The largest absolute Gasteiger partial charge is 0.435 e.